The van der Waals surface area contributed by atoms with Crippen molar-refractivity contribution in [1.29, 1.82) is 0 Å². The zero-order valence-corrected chi connectivity index (χ0v) is 22.5. The van der Waals surface area contributed by atoms with E-state index in [1.165, 1.54) is 24.3 Å². The third-order valence-electron chi connectivity index (χ3n) is 7.11. The van der Waals surface area contributed by atoms with Crippen LogP contribution in [0.4, 0.5) is 26.3 Å². The van der Waals surface area contributed by atoms with E-state index in [2.05, 4.69) is 14.4 Å². The molecular formula is C30H29F6NO5. The fourth-order valence-electron chi connectivity index (χ4n) is 5.19. The molecule has 1 N–H and O–H groups in total. The van der Waals surface area contributed by atoms with Crippen LogP contribution < -0.4 is 9.47 Å². The fraction of sp³-hybridized carbons (Fsp3) is 0.367. The summed E-state index contributed by atoms with van der Waals surface area (Å²) in [5, 5.41) is 12.1. The van der Waals surface area contributed by atoms with E-state index in [-0.39, 0.29) is 17.7 Å². The molecule has 12 heteroatoms. The third kappa shape index (κ3) is 7.95. The highest BCUT2D eigenvalue weighted by Crippen LogP contribution is 2.43. The Morgan fingerprint density at radius 3 is 1.64 bits per heavy atom. The summed E-state index contributed by atoms with van der Waals surface area (Å²) >= 11 is 0. The lowest BCUT2D eigenvalue weighted by atomic mass is 9.72. The number of rotatable bonds is 9. The number of likely N-dealkylation sites (tertiary alicyclic amines) is 1. The van der Waals surface area contributed by atoms with Crippen LogP contribution in [0.25, 0.3) is 0 Å². The molecule has 1 aliphatic heterocycles. The Morgan fingerprint density at radius 2 is 1.24 bits per heavy atom. The number of ether oxygens (including phenoxy) is 3. The van der Waals surface area contributed by atoms with Gasteiger partial charge >= 0.3 is 18.7 Å². The molecule has 0 radical (unpaired) electrons. The number of piperidine rings is 1. The summed E-state index contributed by atoms with van der Waals surface area (Å²) in [6.45, 7) is 3.72. The Balaban J connectivity index is 1.53. The molecule has 0 saturated carbocycles. The van der Waals surface area contributed by atoms with Crippen molar-refractivity contribution in [3.63, 3.8) is 0 Å². The molecule has 0 amide bonds. The van der Waals surface area contributed by atoms with Gasteiger partial charge in [-0.3, -0.25) is 4.90 Å². The Hall–Kier alpha value is -3.77. The van der Waals surface area contributed by atoms with Gasteiger partial charge in [0.1, 0.15) is 17.1 Å². The number of benzene rings is 3. The molecule has 1 saturated heterocycles. The van der Waals surface area contributed by atoms with Crippen molar-refractivity contribution >= 4 is 5.97 Å². The lowest BCUT2D eigenvalue weighted by molar-refractivity contribution is -0.275. The van der Waals surface area contributed by atoms with Gasteiger partial charge < -0.3 is 19.3 Å². The molecule has 226 valence electrons. The van der Waals surface area contributed by atoms with Gasteiger partial charge in [0.05, 0.1) is 12.2 Å². The summed E-state index contributed by atoms with van der Waals surface area (Å²) in [4.78, 5) is 14.1. The average molecular weight is 598 g/mol. The van der Waals surface area contributed by atoms with Gasteiger partial charge in [-0.25, -0.2) is 4.79 Å². The van der Waals surface area contributed by atoms with Crippen LogP contribution in [0.3, 0.4) is 0 Å². The molecule has 1 aliphatic rings. The highest BCUT2D eigenvalue weighted by molar-refractivity contribution is 5.89. The average Bonchev–Trinajstić information content (AvgIpc) is 2.93. The summed E-state index contributed by atoms with van der Waals surface area (Å²) in [6.07, 6.45) is -8.81. The normalized spacial score (nSPS) is 15.3. The smallest absolute Gasteiger partial charge is 0.462 e. The summed E-state index contributed by atoms with van der Waals surface area (Å²) < 4.78 is 89.0. The van der Waals surface area contributed by atoms with Crippen molar-refractivity contribution in [3.8, 4) is 11.5 Å². The zero-order valence-electron chi connectivity index (χ0n) is 22.5. The standard InChI is InChI=1S/C30H29F6NO5/c1-2-40-27(38)21-5-3-20(4-6-21)19-37-17-15-24(16-18-37)28(39,22-7-11-25(12-8-22)41-29(31,32)33)23-9-13-26(14-10-23)42-30(34,35)36/h3-14,24,39H,2,15-19H2,1H3. The van der Waals surface area contributed by atoms with Gasteiger partial charge in [-0.2, -0.15) is 0 Å². The molecule has 42 heavy (non-hydrogen) atoms. The fourth-order valence-corrected chi connectivity index (χ4v) is 5.19. The molecular weight excluding hydrogens is 568 g/mol. The van der Waals surface area contributed by atoms with E-state index in [1.807, 2.05) is 12.1 Å². The zero-order chi connectivity index (χ0) is 30.5. The van der Waals surface area contributed by atoms with Crippen molar-refractivity contribution in [2.75, 3.05) is 19.7 Å². The van der Waals surface area contributed by atoms with Gasteiger partial charge in [-0.05, 0) is 91.9 Å². The maximum Gasteiger partial charge on any atom is 0.573 e. The van der Waals surface area contributed by atoms with Crippen molar-refractivity contribution in [1.82, 2.24) is 4.90 Å². The minimum Gasteiger partial charge on any atom is -0.462 e. The van der Waals surface area contributed by atoms with Crippen LogP contribution in [-0.2, 0) is 16.9 Å². The van der Waals surface area contributed by atoms with Crippen LogP contribution >= 0.6 is 0 Å². The second-order valence-corrected chi connectivity index (χ2v) is 9.88. The quantitative estimate of drug-likeness (QED) is 0.216. The van der Waals surface area contributed by atoms with E-state index >= 15 is 0 Å². The van der Waals surface area contributed by atoms with Crippen LogP contribution in [0.2, 0.25) is 0 Å². The summed E-state index contributed by atoms with van der Waals surface area (Å²) in [5.74, 6) is -1.75. The minimum absolute atomic E-state index is 0.273. The van der Waals surface area contributed by atoms with Crippen LogP contribution in [-0.4, -0.2) is 48.4 Å². The molecule has 1 heterocycles. The molecule has 1 fully saturated rings. The van der Waals surface area contributed by atoms with Gasteiger partial charge in [0.2, 0.25) is 0 Å². The van der Waals surface area contributed by atoms with E-state index in [0.29, 0.717) is 38.0 Å². The molecule has 3 aromatic rings. The molecule has 6 nitrogen and oxygen atoms in total. The van der Waals surface area contributed by atoms with E-state index in [0.717, 1.165) is 29.8 Å². The third-order valence-corrected chi connectivity index (χ3v) is 7.11. The van der Waals surface area contributed by atoms with Crippen molar-refractivity contribution in [3.05, 3.63) is 95.1 Å². The number of aliphatic hydroxyl groups is 1. The van der Waals surface area contributed by atoms with Crippen LogP contribution in [0.15, 0.2) is 72.8 Å². The molecule has 0 aromatic heterocycles. The largest absolute Gasteiger partial charge is 0.573 e. The number of carbonyl (C=O) groups is 1. The number of halogens is 6. The Labute approximate surface area is 238 Å². The van der Waals surface area contributed by atoms with Crippen LogP contribution in [0.1, 0.15) is 46.8 Å². The second-order valence-electron chi connectivity index (χ2n) is 9.88. The Bertz CT molecular complexity index is 1260. The number of nitrogens with zero attached hydrogens (tertiary/aromatic N) is 1. The number of carbonyl (C=O) groups excluding carboxylic acids is 1. The maximum atomic E-state index is 12.7. The highest BCUT2D eigenvalue weighted by atomic mass is 19.4. The van der Waals surface area contributed by atoms with Crippen molar-refractivity contribution in [2.24, 2.45) is 5.92 Å². The molecule has 0 atom stereocenters. The van der Waals surface area contributed by atoms with Gasteiger partial charge in [0.15, 0.2) is 0 Å². The van der Waals surface area contributed by atoms with E-state index in [4.69, 9.17) is 4.74 Å². The van der Waals surface area contributed by atoms with Crippen molar-refractivity contribution in [2.45, 2.75) is 44.6 Å². The van der Waals surface area contributed by atoms with Crippen molar-refractivity contribution < 1.29 is 50.5 Å². The number of hydrogen-bond acceptors (Lipinski definition) is 6. The molecule has 3 aromatic carbocycles. The highest BCUT2D eigenvalue weighted by Gasteiger charge is 2.42. The van der Waals surface area contributed by atoms with Gasteiger partial charge in [0.25, 0.3) is 0 Å². The first-order valence-electron chi connectivity index (χ1n) is 13.2. The first-order chi connectivity index (χ1) is 19.8. The lowest BCUT2D eigenvalue weighted by Crippen LogP contribution is -2.44. The molecule has 4 rings (SSSR count). The number of alkyl halides is 6. The van der Waals surface area contributed by atoms with E-state index < -0.39 is 41.7 Å². The maximum absolute atomic E-state index is 12.7. The molecule has 0 aliphatic carbocycles. The Kier molecular flexibility index (Phi) is 9.37. The number of hydrogen-bond donors (Lipinski definition) is 1. The Morgan fingerprint density at radius 1 is 0.786 bits per heavy atom. The van der Waals surface area contributed by atoms with Gasteiger partial charge in [0, 0.05) is 6.54 Å². The topological polar surface area (TPSA) is 68.2 Å². The second kappa shape index (κ2) is 12.6. The summed E-state index contributed by atoms with van der Waals surface area (Å²) in [5.41, 5.74) is 0.241. The molecule has 0 bridgehead atoms. The van der Waals surface area contributed by atoms with Gasteiger partial charge in [-0.1, -0.05) is 36.4 Å². The van der Waals surface area contributed by atoms with E-state index in [9.17, 15) is 36.2 Å². The minimum atomic E-state index is -4.89. The monoisotopic (exact) mass is 597 g/mol. The predicted molar refractivity (Wildman–Crippen MR) is 140 cm³/mol. The first-order valence-corrected chi connectivity index (χ1v) is 13.2. The van der Waals surface area contributed by atoms with Gasteiger partial charge in [-0.15, -0.1) is 26.3 Å². The predicted octanol–water partition coefficient (Wildman–Crippen LogP) is 6.81. The SMILES string of the molecule is CCOC(=O)c1ccc(CN2CCC(C(O)(c3ccc(OC(F)(F)F)cc3)c3ccc(OC(F)(F)F)cc3)CC2)cc1. The van der Waals surface area contributed by atoms with Crippen LogP contribution in [0.5, 0.6) is 11.5 Å². The molecule has 0 spiro atoms. The van der Waals surface area contributed by atoms with E-state index in [1.54, 1.807) is 19.1 Å². The first kappa shape index (κ1) is 31.2. The molecule has 0 unspecified atom stereocenters. The summed E-state index contributed by atoms with van der Waals surface area (Å²) in [7, 11) is 0. The van der Waals surface area contributed by atoms with Crippen LogP contribution in [0, 0.1) is 5.92 Å². The lowest BCUT2D eigenvalue weighted by Gasteiger charge is -2.42. The summed E-state index contributed by atoms with van der Waals surface area (Å²) in [6, 6.07) is 16.7. The number of esters is 1.